The second-order valence-electron chi connectivity index (χ2n) is 27.1. The molecule has 45 nitrogen and oxygen atoms in total. The Labute approximate surface area is 668 Å². The Morgan fingerprint density at radius 3 is 1.48 bits per heavy atom. The molecule has 1 aromatic heterocycles. The lowest BCUT2D eigenvalue weighted by atomic mass is 9.96. The predicted molar refractivity (Wildman–Crippen MR) is 408 cm³/mol. The summed E-state index contributed by atoms with van der Waals surface area (Å²) in [4.78, 5) is 252. The maximum Gasteiger partial charge on any atom is 0.326 e. The van der Waals surface area contributed by atoms with Crippen LogP contribution in [0.15, 0.2) is 54.7 Å². The molecule has 2 aromatic carbocycles. The number of hydrogen-bond donors (Lipinski definition) is 25. The van der Waals surface area contributed by atoms with Crippen molar-refractivity contribution in [3.8, 4) is 0 Å². The van der Waals surface area contributed by atoms with Gasteiger partial charge in [-0.25, -0.2) is 9.59 Å². The van der Waals surface area contributed by atoms with Gasteiger partial charge in [0, 0.05) is 47.6 Å². The van der Waals surface area contributed by atoms with Crippen molar-refractivity contribution in [2.45, 2.75) is 209 Å². The second-order valence-corrected chi connectivity index (χ2v) is 27.1. The van der Waals surface area contributed by atoms with Gasteiger partial charge >= 0.3 is 35.8 Å². The molecule has 1 heterocycles. The van der Waals surface area contributed by atoms with Crippen LogP contribution >= 0.6 is 0 Å². The number of para-hydroxylation sites is 2. The number of aromatic nitrogens is 1. The molecular formula is C72H105N17O28. The molecule has 0 aliphatic heterocycles. The average molecular weight is 1660 g/mol. The maximum atomic E-state index is 13.9. The summed E-state index contributed by atoms with van der Waals surface area (Å²) in [7, 11) is 0. The number of primary amides is 1. The van der Waals surface area contributed by atoms with Crippen LogP contribution in [0.2, 0.25) is 0 Å². The Kier molecular flexibility index (Phi) is 44.5. The molecule has 13 amide bonds. The molecular weight excluding hydrogens is 1550 g/mol. The van der Waals surface area contributed by atoms with Crippen molar-refractivity contribution in [1.82, 2.24) is 68.8 Å². The molecule has 13 unspecified atom stereocenters. The molecule has 13 atom stereocenters. The van der Waals surface area contributed by atoms with Gasteiger partial charge in [0.15, 0.2) is 5.78 Å². The number of aliphatic carboxylic acids is 6. The number of nitrogen functional groups attached to an aromatic ring is 1. The minimum atomic E-state index is -1.95. The standard InChI is InChI=1S/C40H61N9O12.C32H44N8O16/c1-3-4-5-6-7-8-9-16-32(52)46-28(18-24-21-43-26-14-11-10-13-25(24)26)36(56)47-29(19-31(42)51)37(57)48-30(20-34(54)55)38(58)49-35(23(2)50)39(59)44-22-33(53)45-27(40(60)61)15-12-17-41;1-13(7-23(44)45)26(31(54)39-19(32(55)56)9-21(42)15-5-3-4-6-16(15)33)40-30(53)20(12-41)37-22(43)11-35-29(52)18(10-25(48)49)38-27(50)14(2)36-28(51)17(34)8-24(46)47/h10-11,13-14,21,23,27-30,35,43,50H,3-9,12,15-20,22,41H2,1-2H3,(H2,42,51)(H,44,59)(H,45,53)(H,46,52)(H,47,56)(H,48,57)(H,49,58)(H,54,55)(H,60,61);3-6,13-14,17-20,26,41H,7-12,33-34H2,1-2H3,(H,35,52)(H,36,51)(H,37,43)(H,38,50)(H,39,54)(H,40,53)(H,44,45)(H,46,47)(H,48,49)(H,55,56). The number of rotatable bonds is 54. The number of unbranched alkanes of at least 4 members (excludes halogenated alkanes) is 6. The maximum absolute atomic E-state index is 13.9. The topological polar surface area (TPSA) is 767 Å². The number of amides is 13. The number of nitrogens with one attached hydrogen (secondary N) is 13. The molecule has 646 valence electrons. The largest absolute Gasteiger partial charge is 0.481 e. The highest BCUT2D eigenvalue weighted by molar-refractivity contribution is 6.04. The minimum absolute atomic E-state index is 0.0139. The van der Waals surface area contributed by atoms with Crippen molar-refractivity contribution in [1.29, 1.82) is 0 Å². The van der Waals surface area contributed by atoms with Crippen LogP contribution in [0.4, 0.5) is 5.69 Å². The van der Waals surface area contributed by atoms with E-state index in [2.05, 4.69) is 59.8 Å². The van der Waals surface area contributed by atoms with Crippen LogP contribution in [0, 0.1) is 5.92 Å². The Morgan fingerprint density at radius 1 is 0.453 bits per heavy atom. The molecule has 0 aliphatic rings. The lowest BCUT2D eigenvalue weighted by Crippen LogP contribution is -2.60. The van der Waals surface area contributed by atoms with E-state index in [0.29, 0.717) is 12.0 Å². The first-order valence-electron chi connectivity index (χ1n) is 36.9. The van der Waals surface area contributed by atoms with Crippen LogP contribution in [0.3, 0.4) is 0 Å². The molecule has 29 N–H and O–H groups in total. The third kappa shape index (κ3) is 37.8. The Bertz CT molecular complexity index is 4000. The Morgan fingerprint density at radius 2 is 0.932 bits per heavy atom. The Hall–Kier alpha value is -12.8. The van der Waals surface area contributed by atoms with Gasteiger partial charge in [-0.3, -0.25) is 86.3 Å². The van der Waals surface area contributed by atoms with Gasteiger partial charge in [0.25, 0.3) is 0 Å². The van der Waals surface area contributed by atoms with Gasteiger partial charge in [-0.1, -0.05) is 82.7 Å². The second kappa shape index (κ2) is 51.9. The number of H-pyrrole nitrogens is 1. The summed E-state index contributed by atoms with van der Waals surface area (Å²) in [6.07, 6.45) is 1.97. The van der Waals surface area contributed by atoms with Crippen LogP contribution in [-0.2, 0) is 97.5 Å². The lowest BCUT2D eigenvalue weighted by Gasteiger charge is -2.27. The summed E-state index contributed by atoms with van der Waals surface area (Å²) in [6, 6.07) is -5.46. The monoisotopic (exact) mass is 1660 g/mol. The molecule has 3 rings (SSSR count). The highest BCUT2D eigenvalue weighted by Gasteiger charge is 2.38. The summed E-state index contributed by atoms with van der Waals surface area (Å²) < 4.78 is 0. The van der Waals surface area contributed by atoms with Crippen molar-refractivity contribution in [2.24, 2.45) is 23.1 Å². The van der Waals surface area contributed by atoms with Crippen LogP contribution in [0.25, 0.3) is 10.9 Å². The van der Waals surface area contributed by atoms with Crippen LogP contribution in [0.1, 0.15) is 146 Å². The van der Waals surface area contributed by atoms with Gasteiger partial charge in [0.05, 0.1) is 63.9 Å². The van der Waals surface area contributed by atoms with E-state index in [1.165, 1.54) is 31.2 Å². The average Bonchev–Trinajstić information content (AvgIpc) is 1.67. The quantitative estimate of drug-likeness (QED) is 0.0142. The predicted octanol–water partition coefficient (Wildman–Crippen LogP) is -6.19. The van der Waals surface area contributed by atoms with Crippen molar-refractivity contribution in [3.63, 3.8) is 0 Å². The van der Waals surface area contributed by atoms with E-state index in [0.717, 1.165) is 63.3 Å². The molecule has 0 bridgehead atoms. The molecule has 0 saturated carbocycles. The third-order valence-corrected chi connectivity index (χ3v) is 17.3. The number of aromatic amines is 1. The van der Waals surface area contributed by atoms with E-state index in [1.807, 2.05) is 34.1 Å². The number of carboxylic acids is 6. The van der Waals surface area contributed by atoms with Gasteiger partial charge in [0.2, 0.25) is 76.8 Å². The van der Waals surface area contributed by atoms with Crippen molar-refractivity contribution >= 4 is 135 Å². The number of carbonyl (C=O) groups is 20. The van der Waals surface area contributed by atoms with Gasteiger partial charge in [-0.15, -0.1) is 0 Å². The number of fused-ring (bicyclic) bond motifs is 1. The van der Waals surface area contributed by atoms with Gasteiger partial charge < -0.3 is 133 Å². The number of carbonyl (C=O) groups excluding carboxylic acids is 14. The van der Waals surface area contributed by atoms with Crippen LogP contribution in [0.5, 0.6) is 0 Å². The highest BCUT2D eigenvalue weighted by Crippen LogP contribution is 2.21. The molecule has 0 fully saturated rings. The summed E-state index contributed by atoms with van der Waals surface area (Å²) in [5.74, 6) is -25.0. The number of aliphatic hydroxyl groups excluding tert-OH is 2. The highest BCUT2D eigenvalue weighted by atomic mass is 16.4. The smallest absolute Gasteiger partial charge is 0.326 e. The zero-order valence-electron chi connectivity index (χ0n) is 64.6. The summed E-state index contributed by atoms with van der Waals surface area (Å²) in [5, 5.41) is 103. The molecule has 45 heteroatoms. The van der Waals surface area contributed by atoms with Crippen LogP contribution in [-0.4, -0.2) is 263 Å². The first kappa shape index (κ1) is 100. The number of hydrogen-bond acceptors (Lipinski definition) is 25. The fourth-order valence-electron chi connectivity index (χ4n) is 11.0. The van der Waals surface area contributed by atoms with Gasteiger partial charge in [-0.2, -0.15) is 0 Å². The summed E-state index contributed by atoms with van der Waals surface area (Å²) in [5.41, 5.74) is 23.4. The van der Waals surface area contributed by atoms with Crippen molar-refractivity contribution in [2.75, 3.05) is 32.0 Å². The van der Waals surface area contributed by atoms with Crippen LogP contribution < -0.4 is 86.7 Å². The zero-order chi connectivity index (χ0) is 88.3. The summed E-state index contributed by atoms with van der Waals surface area (Å²) in [6.45, 7) is 2.84. The van der Waals surface area contributed by atoms with Gasteiger partial charge in [-0.05, 0) is 69.3 Å². The van der Waals surface area contributed by atoms with Crippen molar-refractivity contribution < 1.29 is 137 Å². The fourth-order valence-corrected chi connectivity index (χ4v) is 11.0. The number of aliphatic hydroxyl groups is 2. The van der Waals surface area contributed by atoms with E-state index in [-0.39, 0.29) is 43.5 Å². The molecule has 0 aliphatic carbocycles. The third-order valence-electron chi connectivity index (χ3n) is 17.3. The number of Topliss-reactive ketones (excluding diaryl/α,β-unsaturated/α-hetero) is 1. The normalized spacial score (nSPS) is 14.2. The molecule has 0 saturated heterocycles. The number of nitrogens with two attached hydrogens (primary N) is 4. The number of ketones is 1. The minimum Gasteiger partial charge on any atom is -0.481 e. The van der Waals surface area contributed by atoms with E-state index >= 15 is 0 Å². The molecule has 3 aromatic rings. The van der Waals surface area contributed by atoms with Crippen molar-refractivity contribution in [3.05, 3.63) is 65.9 Å². The molecule has 117 heavy (non-hydrogen) atoms. The van der Waals surface area contributed by atoms with E-state index < -0.39 is 255 Å². The molecule has 0 radical (unpaired) electrons. The van der Waals surface area contributed by atoms with E-state index in [4.69, 9.17) is 28.0 Å². The SMILES string of the molecule is CC(NC(=O)C(N)CC(=O)O)C(=O)NC(CC(=O)O)C(=O)NCC(=O)NC(CO)C(=O)NC(C(=O)NC(CC(=O)c1ccccc1N)C(=O)O)C(C)CC(=O)O.CCCCCCCCCC(=O)NC(Cc1c[nH]c2ccccc12)C(=O)NC(CC(N)=O)C(=O)NC(CC(=O)O)C(=O)NC(C(=O)NCC(=O)NC(CCCN)C(=O)O)C(C)O. The molecule has 0 spiro atoms. The first-order chi connectivity index (χ1) is 55.0. The van der Waals surface area contributed by atoms with E-state index in [1.54, 1.807) is 12.3 Å². The van der Waals surface area contributed by atoms with E-state index in [9.17, 15) is 132 Å². The number of benzene rings is 2. The van der Waals surface area contributed by atoms with Gasteiger partial charge in [0.1, 0.15) is 60.4 Å². The Balaban J connectivity index is 0.000000797. The zero-order valence-corrected chi connectivity index (χ0v) is 64.6. The first-order valence-corrected chi connectivity index (χ1v) is 36.9. The number of carboxylic acid groups (broad SMARTS) is 6. The summed E-state index contributed by atoms with van der Waals surface area (Å²) >= 11 is 0. The number of anilines is 1. The fraction of sp³-hybridized carbons (Fsp3) is 0.528. The lowest BCUT2D eigenvalue weighted by molar-refractivity contribution is -0.143.